The highest BCUT2D eigenvalue weighted by Crippen LogP contribution is 2.17. The molecule has 1 amide bonds. The molecule has 4 nitrogen and oxygen atoms in total. The fourth-order valence-electron chi connectivity index (χ4n) is 2.24. The molecule has 0 saturated carbocycles. The Hall–Kier alpha value is -2.69. The predicted octanol–water partition coefficient (Wildman–Crippen LogP) is 2.96. The number of rotatable bonds is 3. The molecule has 0 atom stereocenters. The van der Waals surface area contributed by atoms with E-state index in [2.05, 4.69) is 10.3 Å². The summed E-state index contributed by atoms with van der Waals surface area (Å²) >= 11 is 0. The van der Waals surface area contributed by atoms with Crippen LogP contribution in [-0.2, 0) is 11.2 Å². The quantitative estimate of drug-likeness (QED) is 0.803. The third kappa shape index (κ3) is 2.76. The molecular formula is C16H14FN3O. The molecule has 2 aromatic heterocycles. The smallest absolute Gasteiger partial charge is 0.229 e. The first-order valence-electron chi connectivity index (χ1n) is 6.61. The Morgan fingerprint density at radius 3 is 2.90 bits per heavy atom. The van der Waals surface area contributed by atoms with Crippen LogP contribution in [0.3, 0.4) is 0 Å². The fraction of sp³-hybridized carbons (Fsp3) is 0.125. The number of nitrogens with zero attached hydrogens (tertiary/aromatic N) is 2. The van der Waals surface area contributed by atoms with Gasteiger partial charge in [0.15, 0.2) is 5.65 Å². The summed E-state index contributed by atoms with van der Waals surface area (Å²) in [6.45, 7) is 1.89. The van der Waals surface area contributed by atoms with E-state index in [0.717, 1.165) is 5.69 Å². The number of anilines is 1. The third-order valence-corrected chi connectivity index (χ3v) is 3.19. The zero-order chi connectivity index (χ0) is 14.8. The number of carbonyl (C=O) groups excluding carboxylic acids is 1. The van der Waals surface area contributed by atoms with Crippen molar-refractivity contribution >= 4 is 17.2 Å². The number of halogens is 1. The van der Waals surface area contributed by atoms with Crippen molar-refractivity contribution in [3.63, 3.8) is 0 Å². The van der Waals surface area contributed by atoms with Gasteiger partial charge in [0.25, 0.3) is 0 Å². The summed E-state index contributed by atoms with van der Waals surface area (Å²) in [5, 5.41) is 2.79. The molecule has 0 radical (unpaired) electrons. The molecule has 0 aliphatic rings. The summed E-state index contributed by atoms with van der Waals surface area (Å²) < 4.78 is 15.4. The van der Waals surface area contributed by atoms with Crippen LogP contribution >= 0.6 is 0 Å². The fourth-order valence-corrected chi connectivity index (χ4v) is 2.24. The molecule has 0 bridgehead atoms. The van der Waals surface area contributed by atoms with Gasteiger partial charge < -0.3 is 9.72 Å². The number of imidazole rings is 1. The third-order valence-electron chi connectivity index (χ3n) is 3.19. The van der Waals surface area contributed by atoms with E-state index in [-0.39, 0.29) is 18.1 Å². The molecule has 0 saturated heterocycles. The number of aryl methyl sites for hydroxylation is 1. The van der Waals surface area contributed by atoms with Gasteiger partial charge in [0.05, 0.1) is 17.8 Å². The second kappa shape index (κ2) is 5.36. The van der Waals surface area contributed by atoms with Crippen molar-refractivity contribution in [2.75, 3.05) is 5.32 Å². The molecule has 5 heteroatoms. The number of carbonyl (C=O) groups is 1. The minimum atomic E-state index is -0.373. The standard InChI is InChI=1S/C16H14FN3O/c1-11-10-20-8-4-7-14(16(20)18-11)19-15(21)9-12-5-2-3-6-13(12)17/h2-8,10H,9H2,1H3,(H,19,21). The monoisotopic (exact) mass is 283 g/mol. The van der Waals surface area contributed by atoms with E-state index in [0.29, 0.717) is 16.9 Å². The van der Waals surface area contributed by atoms with Crippen molar-refractivity contribution in [2.45, 2.75) is 13.3 Å². The predicted molar refractivity (Wildman–Crippen MR) is 78.7 cm³/mol. The van der Waals surface area contributed by atoms with Gasteiger partial charge >= 0.3 is 0 Å². The Balaban J connectivity index is 1.82. The van der Waals surface area contributed by atoms with Crippen LogP contribution in [0, 0.1) is 12.7 Å². The van der Waals surface area contributed by atoms with Gasteiger partial charge in [-0.2, -0.15) is 0 Å². The Kier molecular flexibility index (Phi) is 3.39. The second-order valence-corrected chi connectivity index (χ2v) is 4.85. The molecular weight excluding hydrogens is 269 g/mol. The number of amides is 1. The summed E-state index contributed by atoms with van der Waals surface area (Å²) in [5.74, 6) is -0.642. The first-order chi connectivity index (χ1) is 10.1. The number of pyridine rings is 1. The first-order valence-corrected chi connectivity index (χ1v) is 6.61. The number of fused-ring (bicyclic) bond motifs is 1. The summed E-state index contributed by atoms with van der Waals surface area (Å²) in [6.07, 6.45) is 3.73. The summed E-state index contributed by atoms with van der Waals surface area (Å²) in [4.78, 5) is 16.4. The normalized spacial score (nSPS) is 10.8. The number of hydrogen-bond donors (Lipinski definition) is 1. The van der Waals surface area contributed by atoms with Gasteiger partial charge in [0.2, 0.25) is 5.91 Å². The average molecular weight is 283 g/mol. The molecule has 0 spiro atoms. The summed E-state index contributed by atoms with van der Waals surface area (Å²) in [7, 11) is 0. The van der Waals surface area contributed by atoms with E-state index >= 15 is 0 Å². The largest absolute Gasteiger partial charge is 0.323 e. The summed E-state index contributed by atoms with van der Waals surface area (Å²) in [5.41, 5.74) is 2.54. The van der Waals surface area contributed by atoms with Gasteiger partial charge in [-0.05, 0) is 30.7 Å². The molecule has 0 fully saturated rings. The minimum absolute atomic E-state index is 0.00653. The maximum Gasteiger partial charge on any atom is 0.229 e. The van der Waals surface area contributed by atoms with Gasteiger partial charge in [0, 0.05) is 12.4 Å². The van der Waals surface area contributed by atoms with Crippen LogP contribution in [0.15, 0.2) is 48.8 Å². The van der Waals surface area contributed by atoms with Crippen LogP contribution < -0.4 is 5.32 Å². The number of aromatic nitrogens is 2. The van der Waals surface area contributed by atoms with Crippen molar-refractivity contribution in [3.8, 4) is 0 Å². The van der Waals surface area contributed by atoms with Gasteiger partial charge in [-0.15, -0.1) is 0 Å². The molecule has 0 aliphatic heterocycles. The Labute approximate surface area is 121 Å². The van der Waals surface area contributed by atoms with E-state index in [9.17, 15) is 9.18 Å². The Morgan fingerprint density at radius 2 is 2.10 bits per heavy atom. The van der Waals surface area contributed by atoms with E-state index < -0.39 is 0 Å². The van der Waals surface area contributed by atoms with E-state index in [1.807, 2.05) is 29.8 Å². The van der Waals surface area contributed by atoms with Crippen molar-refractivity contribution in [2.24, 2.45) is 0 Å². The number of hydrogen-bond acceptors (Lipinski definition) is 2. The van der Waals surface area contributed by atoms with Crippen LogP contribution in [0.1, 0.15) is 11.3 Å². The van der Waals surface area contributed by atoms with Crippen LogP contribution in [0.25, 0.3) is 5.65 Å². The van der Waals surface area contributed by atoms with Crippen molar-refractivity contribution in [1.82, 2.24) is 9.38 Å². The van der Waals surface area contributed by atoms with E-state index in [4.69, 9.17) is 0 Å². The van der Waals surface area contributed by atoms with Crippen LogP contribution in [0.5, 0.6) is 0 Å². The lowest BCUT2D eigenvalue weighted by Crippen LogP contribution is -2.15. The van der Waals surface area contributed by atoms with Gasteiger partial charge in [-0.25, -0.2) is 9.37 Å². The molecule has 21 heavy (non-hydrogen) atoms. The number of benzene rings is 1. The molecule has 0 unspecified atom stereocenters. The average Bonchev–Trinajstić information content (AvgIpc) is 2.83. The van der Waals surface area contributed by atoms with Gasteiger partial charge in [0.1, 0.15) is 5.82 Å². The van der Waals surface area contributed by atoms with Crippen LogP contribution in [-0.4, -0.2) is 15.3 Å². The highest BCUT2D eigenvalue weighted by Gasteiger charge is 2.10. The maximum atomic E-state index is 13.5. The van der Waals surface area contributed by atoms with Gasteiger partial charge in [-0.3, -0.25) is 4.79 Å². The summed E-state index contributed by atoms with van der Waals surface area (Å²) in [6, 6.07) is 9.87. The number of nitrogens with one attached hydrogen (secondary N) is 1. The van der Waals surface area contributed by atoms with Crippen LogP contribution in [0.2, 0.25) is 0 Å². The lowest BCUT2D eigenvalue weighted by Gasteiger charge is -2.07. The Bertz CT molecular complexity index is 810. The molecule has 1 aromatic carbocycles. The SMILES string of the molecule is Cc1cn2cccc(NC(=O)Cc3ccccc3F)c2n1. The van der Waals surface area contributed by atoms with E-state index in [1.165, 1.54) is 6.07 Å². The molecule has 3 aromatic rings. The van der Waals surface area contributed by atoms with Crippen molar-refractivity contribution < 1.29 is 9.18 Å². The molecule has 1 N–H and O–H groups in total. The zero-order valence-electron chi connectivity index (χ0n) is 11.5. The molecule has 106 valence electrons. The maximum absolute atomic E-state index is 13.5. The first kappa shape index (κ1) is 13.3. The molecule has 2 heterocycles. The lowest BCUT2D eigenvalue weighted by molar-refractivity contribution is -0.115. The van der Waals surface area contributed by atoms with Crippen molar-refractivity contribution in [3.05, 3.63) is 65.9 Å². The highest BCUT2D eigenvalue weighted by atomic mass is 19.1. The van der Waals surface area contributed by atoms with E-state index in [1.54, 1.807) is 24.3 Å². The topological polar surface area (TPSA) is 46.4 Å². The van der Waals surface area contributed by atoms with Gasteiger partial charge in [-0.1, -0.05) is 18.2 Å². The Morgan fingerprint density at radius 1 is 1.29 bits per heavy atom. The minimum Gasteiger partial charge on any atom is -0.323 e. The van der Waals surface area contributed by atoms with Crippen molar-refractivity contribution in [1.29, 1.82) is 0 Å². The molecule has 3 rings (SSSR count). The molecule has 0 aliphatic carbocycles. The van der Waals surface area contributed by atoms with Crippen LogP contribution in [0.4, 0.5) is 10.1 Å². The lowest BCUT2D eigenvalue weighted by atomic mass is 10.1. The zero-order valence-corrected chi connectivity index (χ0v) is 11.5. The highest BCUT2D eigenvalue weighted by molar-refractivity contribution is 5.95. The second-order valence-electron chi connectivity index (χ2n) is 4.85.